The molecule has 0 spiro atoms. The van der Waals surface area contributed by atoms with Crippen molar-refractivity contribution < 1.29 is 0 Å². The third-order valence-electron chi connectivity index (χ3n) is 5.20. The molecule has 0 radical (unpaired) electrons. The predicted molar refractivity (Wildman–Crippen MR) is 115 cm³/mol. The lowest BCUT2D eigenvalue weighted by Crippen LogP contribution is -2.54. The Morgan fingerprint density at radius 2 is 2.04 bits per heavy atom. The summed E-state index contributed by atoms with van der Waals surface area (Å²) in [6.45, 7) is 10.5. The van der Waals surface area contributed by atoms with Crippen LogP contribution in [0, 0.1) is 6.92 Å². The molecule has 0 atom stereocenters. The second-order valence-corrected chi connectivity index (χ2v) is 9.04. The van der Waals surface area contributed by atoms with Crippen LogP contribution in [0.3, 0.4) is 0 Å². The molecule has 1 aliphatic rings. The van der Waals surface area contributed by atoms with Gasteiger partial charge < -0.3 is 10.6 Å². The third-order valence-corrected chi connectivity index (χ3v) is 6.17. The van der Waals surface area contributed by atoms with Crippen LogP contribution in [0.1, 0.15) is 34.9 Å². The molecular formula is C21H31N5S. The molecule has 3 rings (SSSR count). The van der Waals surface area contributed by atoms with Gasteiger partial charge in [0.25, 0.3) is 0 Å². The Bertz CT molecular complexity index is 780. The van der Waals surface area contributed by atoms with Gasteiger partial charge in [-0.3, -0.25) is 9.89 Å². The highest BCUT2D eigenvalue weighted by molar-refractivity contribution is 7.11. The molecule has 1 aromatic heterocycles. The lowest BCUT2D eigenvalue weighted by Gasteiger charge is -2.42. The number of guanidine groups is 1. The van der Waals surface area contributed by atoms with E-state index in [1.54, 1.807) is 11.3 Å². The van der Waals surface area contributed by atoms with Crippen LogP contribution in [-0.2, 0) is 19.4 Å². The van der Waals surface area contributed by atoms with E-state index in [4.69, 9.17) is 0 Å². The monoisotopic (exact) mass is 385 g/mol. The molecule has 5 nitrogen and oxygen atoms in total. The first-order valence-corrected chi connectivity index (χ1v) is 10.5. The Kier molecular flexibility index (Phi) is 6.50. The SMILES string of the molecule is CN=C(NCCc1ncc(C)s1)NCC(C)(C)N1CCc2ccccc2C1. The number of nitrogens with zero attached hydrogens (tertiary/aromatic N) is 3. The number of hydrogen-bond donors (Lipinski definition) is 2. The van der Waals surface area contributed by atoms with Crippen LogP contribution < -0.4 is 10.6 Å². The van der Waals surface area contributed by atoms with Gasteiger partial charge in [0.15, 0.2) is 5.96 Å². The maximum atomic E-state index is 4.41. The number of hydrogen-bond acceptors (Lipinski definition) is 4. The molecule has 27 heavy (non-hydrogen) atoms. The average Bonchev–Trinajstić information content (AvgIpc) is 3.09. The zero-order valence-electron chi connectivity index (χ0n) is 16.9. The minimum absolute atomic E-state index is 0.0531. The molecule has 146 valence electrons. The van der Waals surface area contributed by atoms with Crippen molar-refractivity contribution in [2.24, 2.45) is 4.99 Å². The van der Waals surface area contributed by atoms with Crippen molar-refractivity contribution in [2.75, 3.05) is 26.7 Å². The number of thiazole rings is 1. The first-order chi connectivity index (χ1) is 13.0. The molecule has 2 aromatic rings. The minimum atomic E-state index is 0.0531. The van der Waals surface area contributed by atoms with Crippen LogP contribution in [0.5, 0.6) is 0 Å². The second kappa shape index (κ2) is 8.85. The third kappa shape index (κ3) is 5.30. The van der Waals surface area contributed by atoms with Crippen LogP contribution in [0.15, 0.2) is 35.5 Å². The number of nitrogens with one attached hydrogen (secondary N) is 2. The van der Waals surface area contributed by atoms with Crippen molar-refractivity contribution in [3.05, 3.63) is 51.5 Å². The summed E-state index contributed by atoms with van der Waals surface area (Å²) in [6.07, 6.45) is 3.98. The topological polar surface area (TPSA) is 52.6 Å². The van der Waals surface area contributed by atoms with Gasteiger partial charge in [0.05, 0.1) is 5.01 Å². The van der Waals surface area contributed by atoms with Crippen LogP contribution in [0.25, 0.3) is 0 Å². The molecule has 2 heterocycles. The first-order valence-electron chi connectivity index (χ1n) is 9.65. The molecule has 1 aliphatic heterocycles. The summed E-state index contributed by atoms with van der Waals surface area (Å²) in [5.74, 6) is 0.855. The first kappa shape index (κ1) is 19.8. The van der Waals surface area contributed by atoms with E-state index in [-0.39, 0.29) is 5.54 Å². The highest BCUT2D eigenvalue weighted by Crippen LogP contribution is 2.24. The van der Waals surface area contributed by atoms with E-state index in [0.29, 0.717) is 0 Å². The lowest BCUT2D eigenvalue weighted by molar-refractivity contribution is 0.107. The fourth-order valence-electron chi connectivity index (χ4n) is 3.45. The normalized spacial score (nSPS) is 15.5. The van der Waals surface area contributed by atoms with E-state index in [2.05, 4.69) is 70.5 Å². The molecular weight excluding hydrogens is 354 g/mol. The summed E-state index contributed by atoms with van der Waals surface area (Å²) in [5.41, 5.74) is 3.00. The minimum Gasteiger partial charge on any atom is -0.356 e. The van der Waals surface area contributed by atoms with E-state index in [0.717, 1.165) is 45.0 Å². The maximum absolute atomic E-state index is 4.41. The van der Waals surface area contributed by atoms with E-state index in [1.165, 1.54) is 21.0 Å². The van der Waals surface area contributed by atoms with Gasteiger partial charge in [0.1, 0.15) is 0 Å². The quantitative estimate of drug-likeness (QED) is 0.593. The van der Waals surface area contributed by atoms with Crippen molar-refractivity contribution >= 4 is 17.3 Å². The van der Waals surface area contributed by atoms with Crippen molar-refractivity contribution in [3.8, 4) is 0 Å². The van der Waals surface area contributed by atoms with Gasteiger partial charge in [-0.15, -0.1) is 11.3 Å². The maximum Gasteiger partial charge on any atom is 0.191 e. The zero-order chi connectivity index (χ0) is 19.3. The van der Waals surface area contributed by atoms with Gasteiger partial charge >= 0.3 is 0 Å². The van der Waals surface area contributed by atoms with Gasteiger partial charge in [-0.05, 0) is 38.3 Å². The highest BCUT2D eigenvalue weighted by Gasteiger charge is 2.29. The van der Waals surface area contributed by atoms with E-state index < -0.39 is 0 Å². The molecule has 0 fully saturated rings. The molecule has 0 unspecified atom stereocenters. The smallest absolute Gasteiger partial charge is 0.191 e. The van der Waals surface area contributed by atoms with E-state index in [9.17, 15) is 0 Å². The Morgan fingerprint density at radius 1 is 1.26 bits per heavy atom. The number of aromatic nitrogens is 1. The van der Waals surface area contributed by atoms with Crippen LogP contribution in [-0.4, -0.2) is 48.1 Å². The van der Waals surface area contributed by atoms with E-state index in [1.807, 2.05) is 13.2 Å². The second-order valence-electron chi connectivity index (χ2n) is 7.72. The summed E-state index contributed by atoms with van der Waals surface area (Å²) in [7, 11) is 1.83. The van der Waals surface area contributed by atoms with Gasteiger partial charge in [-0.25, -0.2) is 4.98 Å². The Labute approximate surface area is 166 Å². The van der Waals surface area contributed by atoms with Gasteiger partial charge in [-0.2, -0.15) is 0 Å². The number of benzene rings is 1. The number of aryl methyl sites for hydroxylation is 1. The van der Waals surface area contributed by atoms with Crippen molar-refractivity contribution in [3.63, 3.8) is 0 Å². The van der Waals surface area contributed by atoms with Gasteiger partial charge in [0, 0.05) is 56.3 Å². The Hall–Kier alpha value is -1.92. The van der Waals surface area contributed by atoms with Crippen LogP contribution >= 0.6 is 11.3 Å². The standard InChI is InChI=1S/C21H31N5S/c1-16-13-24-19(27-16)9-11-23-20(22-4)25-15-21(2,3)26-12-10-17-7-5-6-8-18(17)14-26/h5-8,13H,9-12,14-15H2,1-4H3,(H2,22,23,25). The number of fused-ring (bicyclic) bond motifs is 1. The predicted octanol–water partition coefficient (Wildman–Crippen LogP) is 3.00. The zero-order valence-corrected chi connectivity index (χ0v) is 17.7. The molecule has 0 bridgehead atoms. The molecule has 6 heteroatoms. The van der Waals surface area contributed by atoms with Crippen molar-refractivity contribution in [1.29, 1.82) is 0 Å². The highest BCUT2D eigenvalue weighted by atomic mass is 32.1. The number of rotatable bonds is 6. The van der Waals surface area contributed by atoms with Gasteiger partial charge in [0.2, 0.25) is 0 Å². The summed E-state index contributed by atoms with van der Waals surface area (Å²) in [4.78, 5) is 12.6. The fourth-order valence-corrected chi connectivity index (χ4v) is 4.24. The van der Waals surface area contributed by atoms with Crippen LogP contribution in [0.2, 0.25) is 0 Å². The molecule has 0 amide bonds. The summed E-state index contributed by atoms with van der Waals surface area (Å²) < 4.78 is 0. The number of aliphatic imine (C=N–C) groups is 1. The molecule has 2 N–H and O–H groups in total. The molecule has 1 aromatic carbocycles. The van der Waals surface area contributed by atoms with E-state index >= 15 is 0 Å². The van der Waals surface area contributed by atoms with Crippen molar-refractivity contribution in [1.82, 2.24) is 20.5 Å². The summed E-state index contributed by atoms with van der Waals surface area (Å²) >= 11 is 1.76. The lowest BCUT2D eigenvalue weighted by atomic mass is 9.94. The van der Waals surface area contributed by atoms with Crippen molar-refractivity contribution in [2.45, 2.75) is 45.7 Å². The molecule has 0 aliphatic carbocycles. The summed E-state index contributed by atoms with van der Waals surface area (Å²) in [5, 5.41) is 8.08. The average molecular weight is 386 g/mol. The Balaban J connectivity index is 1.48. The van der Waals surface area contributed by atoms with Crippen LogP contribution in [0.4, 0.5) is 0 Å². The molecule has 0 saturated carbocycles. The molecule has 0 saturated heterocycles. The Morgan fingerprint density at radius 3 is 2.74 bits per heavy atom. The largest absolute Gasteiger partial charge is 0.356 e. The fraction of sp³-hybridized carbons (Fsp3) is 0.524. The summed E-state index contributed by atoms with van der Waals surface area (Å²) in [6, 6.07) is 8.80. The van der Waals surface area contributed by atoms with Gasteiger partial charge in [-0.1, -0.05) is 24.3 Å².